The summed E-state index contributed by atoms with van der Waals surface area (Å²) in [5.74, 6) is -2.01. The van der Waals surface area contributed by atoms with Gasteiger partial charge in [0, 0.05) is 13.2 Å². The molecule has 2 unspecified atom stereocenters. The molecule has 6 aromatic rings. The fourth-order valence-electron chi connectivity index (χ4n) is 15.4. The Labute approximate surface area is 711 Å². The number of phosphoric acid groups is 2. The van der Waals surface area contributed by atoms with E-state index >= 15 is 0 Å². The standard InChI is InChI=1S/C45H66FN6O9P.C42H62FN6O9P/c1-4-5-6-7-8-9-10-11-12-13-14-15-16-17-18-19-20-23-55-29-37(56-28-35-24-34(27-47)25-36(46)26-35)30-57-62(53,54)58-31-39-41-42(61-44(2,3)60-41)45(32-48,59-39)40-22-21-38-43(49)50-33-51-52(38)40;1-2-3-4-5-6-7-8-9-10-11-12-13-14-15-16-17-18-21-54-27-35(55-26-33-22-32(25-44)23-34(43)24-33)28-56-59(52,53)57-29-37-39(50)40(51)42(30-45,58-37)38-20-19-36-41(46)47-31-48-49(36)38/h21-22,24-26,33,37,39,41-42H,4-20,23,28-31H2,1-3H3,(H,53,54)(H2,49,50,51);19-20,22-24,31,35,37,39-40,50-51H,2-18,21,26-29H2,1H3,(H,52,53)(H2,46,47,48)/t37-,39-,41-,42-,45+;35-,37-,39-,40-,42+/m11/s1. The molecule has 0 spiro atoms. The highest BCUT2D eigenvalue weighted by atomic mass is 31.2. The van der Waals surface area contributed by atoms with Crippen LogP contribution in [0.3, 0.4) is 0 Å². The second-order valence-corrected chi connectivity index (χ2v) is 35.1. The predicted octanol–water partition coefficient (Wildman–Crippen LogP) is 16.9. The van der Waals surface area contributed by atoms with Gasteiger partial charge in [0.15, 0.2) is 17.4 Å². The number of unbranched alkanes of at least 4 members (excludes halogenated alkanes) is 32. The molecule has 121 heavy (non-hydrogen) atoms. The van der Waals surface area contributed by atoms with Gasteiger partial charge in [-0.15, -0.1) is 0 Å². The Kier molecular flexibility index (Phi) is 42.7. The minimum atomic E-state index is -4.83. The number of anilines is 2. The number of phosphoric ester groups is 2. The molecule has 30 nitrogen and oxygen atoms in total. The summed E-state index contributed by atoms with van der Waals surface area (Å²) in [4.78, 5) is 29.3. The van der Waals surface area contributed by atoms with Crippen molar-refractivity contribution in [3.63, 3.8) is 0 Å². The first kappa shape index (κ1) is 99.3. The summed E-state index contributed by atoms with van der Waals surface area (Å²) in [5.41, 5.74) is 10.2. The first-order valence-corrected chi connectivity index (χ1v) is 46.5. The SMILES string of the molecule is CCCCCCCCCCCCCCCCCCCOC[C@H](COP(=O)(O)OC[C@H]1O[C@@](C#N)(c2ccc3c(N)ncnn23)[C@@H]2OC(C)(C)O[C@@H]21)OCc1cc(F)cc(C#N)c1.CCCCCCCCCCCCCCCCCCCOC[C@H](COP(=O)(O)OC[C@H]1O[C@@](C#N)(c2ccc3c(N)ncnn23)[C@H](O)[C@@H]1O)OCc1cc(F)cc(C#N)c1. The van der Waals surface area contributed by atoms with Gasteiger partial charge in [0.1, 0.15) is 96.3 Å². The van der Waals surface area contributed by atoms with Crippen molar-refractivity contribution in [2.45, 2.75) is 325 Å². The van der Waals surface area contributed by atoms with Crippen LogP contribution in [0.5, 0.6) is 0 Å². The number of aliphatic hydroxyl groups excluding tert-OH is 2. The third kappa shape index (κ3) is 31.8. The molecule has 3 aliphatic heterocycles. The maximum absolute atomic E-state index is 14.2. The summed E-state index contributed by atoms with van der Waals surface area (Å²) in [6.45, 7) is 6.44. The number of nitriles is 4. The Morgan fingerprint density at radius 1 is 0.488 bits per heavy atom. The predicted molar refractivity (Wildman–Crippen MR) is 448 cm³/mol. The van der Waals surface area contributed by atoms with Crippen LogP contribution in [0.15, 0.2) is 73.3 Å². The fraction of sp³-hybridized carbons (Fsp3) is 0.678. The van der Waals surface area contributed by atoms with E-state index in [1.54, 1.807) is 26.0 Å². The summed E-state index contributed by atoms with van der Waals surface area (Å²) in [6, 6.07) is 21.9. The second-order valence-electron chi connectivity index (χ2n) is 32.2. The van der Waals surface area contributed by atoms with Crippen LogP contribution in [-0.4, -0.2) is 157 Å². The van der Waals surface area contributed by atoms with Gasteiger partial charge in [-0.1, -0.05) is 219 Å². The van der Waals surface area contributed by atoms with E-state index in [0.29, 0.717) is 41.1 Å². The highest BCUT2D eigenvalue weighted by Crippen LogP contribution is 2.52. The number of nitrogens with zero attached hydrogens (tertiary/aromatic N) is 10. The van der Waals surface area contributed by atoms with Crippen molar-refractivity contribution in [3.8, 4) is 24.3 Å². The van der Waals surface area contributed by atoms with Crippen LogP contribution in [0.1, 0.15) is 280 Å². The Bertz CT molecular complexity index is 4350. The molecule has 0 aliphatic carbocycles. The molecule has 9 rings (SSSR count). The largest absolute Gasteiger partial charge is 0.472 e. The molecular formula is C87H128F2N12O18P2. The van der Waals surface area contributed by atoms with E-state index in [9.17, 15) is 59.0 Å². The second kappa shape index (κ2) is 52.0. The number of fused-ring (bicyclic) bond motifs is 3. The number of nitrogens with two attached hydrogens (primary N) is 2. The highest BCUT2D eigenvalue weighted by molar-refractivity contribution is 7.47. The first-order chi connectivity index (χ1) is 58.4. The van der Waals surface area contributed by atoms with E-state index in [1.165, 1.54) is 232 Å². The lowest BCUT2D eigenvalue weighted by Crippen LogP contribution is -2.41. The van der Waals surface area contributed by atoms with Crippen LogP contribution in [0.2, 0.25) is 0 Å². The van der Waals surface area contributed by atoms with Crippen LogP contribution in [-0.2, 0) is 89.5 Å². The van der Waals surface area contributed by atoms with Crippen LogP contribution in [0.25, 0.3) is 11.0 Å². The number of halogens is 2. The number of aliphatic hydroxyl groups is 2. The number of aromatic nitrogens is 6. The molecule has 4 aromatic heterocycles. The van der Waals surface area contributed by atoms with Crippen molar-refractivity contribution in [2.75, 3.05) is 64.3 Å². The lowest BCUT2D eigenvalue weighted by molar-refractivity contribution is -0.204. The van der Waals surface area contributed by atoms with Gasteiger partial charge in [0.2, 0.25) is 11.2 Å². The van der Waals surface area contributed by atoms with Crippen molar-refractivity contribution < 1.29 is 93.9 Å². The molecule has 3 fully saturated rings. The number of ether oxygens (including phenoxy) is 8. The Hall–Kier alpha value is -7.08. The average Bonchev–Trinajstić information content (AvgIpc) is 1.53. The van der Waals surface area contributed by atoms with Crippen LogP contribution in [0, 0.1) is 57.0 Å². The number of hydrogen-bond acceptors (Lipinski definition) is 26. The van der Waals surface area contributed by atoms with Crippen molar-refractivity contribution >= 4 is 38.3 Å². The normalized spacial score (nSPS) is 21.4. The molecule has 12 atom stereocenters. The number of hydrogen-bond donors (Lipinski definition) is 6. The number of benzene rings is 2. The summed E-state index contributed by atoms with van der Waals surface area (Å²) in [6.07, 6.45) is 35.9. The Morgan fingerprint density at radius 3 is 1.23 bits per heavy atom. The molecule has 2 aromatic carbocycles. The topological polar surface area (TPSA) is 433 Å². The van der Waals surface area contributed by atoms with Gasteiger partial charge in [0.25, 0.3) is 0 Å². The van der Waals surface area contributed by atoms with Crippen molar-refractivity contribution in [1.29, 1.82) is 21.0 Å². The lowest BCUT2D eigenvalue weighted by atomic mass is 9.92. The van der Waals surface area contributed by atoms with E-state index in [0.717, 1.165) is 57.0 Å². The molecule has 0 amide bonds. The molecule has 0 bridgehead atoms. The number of rotatable bonds is 60. The van der Waals surface area contributed by atoms with Crippen molar-refractivity contribution in [2.24, 2.45) is 0 Å². The smallest absolute Gasteiger partial charge is 0.387 e. The summed E-state index contributed by atoms with van der Waals surface area (Å²) < 4.78 is 126. The van der Waals surface area contributed by atoms with Crippen molar-refractivity contribution in [3.05, 3.63) is 119 Å². The monoisotopic (exact) mass is 1730 g/mol. The maximum Gasteiger partial charge on any atom is 0.472 e. The van der Waals surface area contributed by atoms with Crippen LogP contribution in [0.4, 0.5) is 20.4 Å². The van der Waals surface area contributed by atoms with E-state index < -0.39 is 120 Å². The fourth-order valence-corrected chi connectivity index (χ4v) is 16.9. The minimum Gasteiger partial charge on any atom is -0.387 e. The van der Waals surface area contributed by atoms with E-state index in [4.69, 9.17) is 67.5 Å². The molecule has 7 heterocycles. The molecule has 0 radical (unpaired) electrons. The maximum atomic E-state index is 14.2. The molecule has 34 heteroatoms. The minimum absolute atomic E-state index is 0.0139. The van der Waals surface area contributed by atoms with Gasteiger partial charge in [-0.05, 0) is 98.5 Å². The van der Waals surface area contributed by atoms with Gasteiger partial charge in [-0.25, -0.2) is 36.9 Å². The van der Waals surface area contributed by atoms with Gasteiger partial charge in [0.05, 0.1) is 87.5 Å². The summed E-state index contributed by atoms with van der Waals surface area (Å²) in [7, 11) is -9.59. The van der Waals surface area contributed by atoms with E-state index in [2.05, 4.69) is 40.1 Å². The van der Waals surface area contributed by atoms with Gasteiger partial charge < -0.3 is 69.4 Å². The first-order valence-electron chi connectivity index (χ1n) is 43.5. The zero-order valence-corrected chi connectivity index (χ0v) is 72.7. The quantitative estimate of drug-likeness (QED) is 0.0153. The Balaban J connectivity index is 0.000000301. The van der Waals surface area contributed by atoms with Crippen LogP contribution >= 0.6 is 15.6 Å². The lowest BCUT2D eigenvalue weighted by Gasteiger charge is -2.29. The van der Waals surface area contributed by atoms with Gasteiger partial charge in [-0.2, -0.15) is 31.2 Å². The Morgan fingerprint density at radius 2 is 0.851 bits per heavy atom. The van der Waals surface area contributed by atoms with Crippen molar-refractivity contribution in [1.82, 2.24) is 29.2 Å². The summed E-state index contributed by atoms with van der Waals surface area (Å²) in [5, 5.41) is 69.4. The molecule has 3 saturated heterocycles. The molecule has 668 valence electrons. The molecule has 8 N–H and O–H groups in total. The number of nitrogen functional groups attached to an aromatic ring is 2. The molecule has 0 saturated carbocycles. The zero-order chi connectivity index (χ0) is 86.9. The third-order valence-corrected chi connectivity index (χ3v) is 23.8. The van der Waals surface area contributed by atoms with Gasteiger partial charge in [-0.3, -0.25) is 18.1 Å². The third-order valence-electron chi connectivity index (χ3n) is 21.9. The van der Waals surface area contributed by atoms with Crippen LogP contribution < -0.4 is 11.5 Å². The van der Waals surface area contributed by atoms with E-state index in [1.807, 2.05) is 18.2 Å². The molecule has 3 aliphatic rings. The zero-order valence-electron chi connectivity index (χ0n) is 70.9. The van der Waals surface area contributed by atoms with E-state index in [-0.39, 0.29) is 54.9 Å². The highest BCUT2D eigenvalue weighted by Gasteiger charge is 2.66. The average molecular weight is 1730 g/mol. The molecular weight excluding hydrogens is 1600 g/mol. The van der Waals surface area contributed by atoms with Gasteiger partial charge >= 0.3 is 15.6 Å². The summed E-state index contributed by atoms with van der Waals surface area (Å²) >= 11 is 0.